The van der Waals surface area contributed by atoms with Crippen molar-refractivity contribution < 1.29 is 18.0 Å². The lowest BCUT2D eigenvalue weighted by Crippen LogP contribution is -2.46. The highest BCUT2D eigenvalue weighted by Crippen LogP contribution is 2.35. The number of hydroxylamine groups is 1. The maximum atomic E-state index is 13.0. The van der Waals surface area contributed by atoms with E-state index in [2.05, 4.69) is 15.8 Å². The maximum Gasteiger partial charge on any atom is 0.269 e. The molecule has 2 aromatic rings. The van der Waals surface area contributed by atoms with E-state index in [0.717, 1.165) is 5.56 Å². The molecule has 1 unspecified atom stereocenters. The Kier molecular flexibility index (Phi) is 6.46. The fourth-order valence-electron chi connectivity index (χ4n) is 3.75. The van der Waals surface area contributed by atoms with Gasteiger partial charge >= 0.3 is 0 Å². The summed E-state index contributed by atoms with van der Waals surface area (Å²) in [6.45, 7) is 2.29. The molecule has 1 atom stereocenters. The highest BCUT2D eigenvalue weighted by atomic mass is 35.5. The Morgan fingerprint density at radius 3 is 2.72 bits per heavy atom. The van der Waals surface area contributed by atoms with Gasteiger partial charge in [-0.25, -0.2) is 8.42 Å². The molecule has 0 saturated carbocycles. The molecule has 4 rings (SSSR count). The summed E-state index contributed by atoms with van der Waals surface area (Å²) in [4.78, 5) is 22.4. The first-order valence-electron chi connectivity index (χ1n) is 10.0. The monoisotopic (exact) mass is 496 g/mol. The van der Waals surface area contributed by atoms with Crippen LogP contribution in [0.5, 0.6) is 0 Å². The van der Waals surface area contributed by atoms with Crippen LogP contribution >= 0.6 is 23.2 Å². The number of aromatic nitrogens is 1. The number of hydrogen-bond donors (Lipinski definition) is 2. The van der Waals surface area contributed by atoms with Crippen molar-refractivity contribution in [3.8, 4) is 0 Å². The van der Waals surface area contributed by atoms with Crippen LogP contribution in [0.25, 0.3) is 0 Å². The average molecular weight is 497 g/mol. The topological polar surface area (TPSA) is 101 Å². The molecule has 3 heterocycles. The fraction of sp³-hybridized carbons (Fsp3) is 0.333. The summed E-state index contributed by atoms with van der Waals surface area (Å²) >= 11 is 12.1. The number of hydrogen-bond acceptors (Lipinski definition) is 6. The van der Waals surface area contributed by atoms with Gasteiger partial charge in [-0.05, 0) is 55.7 Å². The summed E-state index contributed by atoms with van der Waals surface area (Å²) in [6.07, 6.45) is 5.86. The van der Waals surface area contributed by atoms with E-state index < -0.39 is 15.6 Å². The molecule has 0 bridgehead atoms. The van der Waals surface area contributed by atoms with Gasteiger partial charge in [0, 0.05) is 30.5 Å². The Hall–Kier alpha value is -2.17. The molecule has 0 aliphatic carbocycles. The van der Waals surface area contributed by atoms with E-state index in [-0.39, 0.29) is 35.0 Å². The number of halogens is 2. The van der Waals surface area contributed by atoms with E-state index in [4.69, 9.17) is 28.0 Å². The van der Waals surface area contributed by atoms with Crippen molar-refractivity contribution in [1.82, 2.24) is 20.1 Å². The molecule has 2 aliphatic rings. The van der Waals surface area contributed by atoms with E-state index in [1.165, 1.54) is 16.4 Å². The van der Waals surface area contributed by atoms with Crippen LogP contribution in [0.2, 0.25) is 10.0 Å². The summed E-state index contributed by atoms with van der Waals surface area (Å²) in [5, 5.41) is 3.32. The van der Waals surface area contributed by atoms with Crippen LogP contribution < -0.4 is 10.8 Å². The van der Waals surface area contributed by atoms with Gasteiger partial charge in [0.2, 0.25) is 10.0 Å². The molecule has 0 radical (unpaired) electrons. The van der Waals surface area contributed by atoms with E-state index in [0.29, 0.717) is 23.6 Å². The van der Waals surface area contributed by atoms with Crippen LogP contribution in [-0.4, -0.2) is 42.3 Å². The Balaban J connectivity index is 1.42. The van der Waals surface area contributed by atoms with Crippen LogP contribution in [0, 0.1) is 0 Å². The fourth-order valence-corrected chi connectivity index (χ4v) is 5.92. The molecule has 1 aromatic heterocycles. The predicted molar refractivity (Wildman–Crippen MR) is 120 cm³/mol. The third-order valence-corrected chi connectivity index (χ3v) is 8.24. The van der Waals surface area contributed by atoms with Gasteiger partial charge in [0.25, 0.3) is 5.91 Å². The Morgan fingerprint density at radius 2 is 2.03 bits per heavy atom. The number of amides is 1. The first kappa shape index (κ1) is 23.0. The van der Waals surface area contributed by atoms with Crippen molar-refractivity contribution in [2.45, 2.75) is 36.3 Å². The summed E-state index contributed by atoms with van der Waals surface area (Å²) < 4.78 is 27.4. The predicted octanol–water partition coefficient (Wildman–Crippen LogP) is 3.21. The zero-order valence-electron chi connectivity index (χ0n) is 17.2. The minimum Gasteiger partial charge on any atom is -0.344 e. The zero-order chi connectivity index (χ0) is 22.9. The number of benzene rings is 1. The zero-order valence-corrected chi connectivity index (χ0v) is 19.5. The van der Waals surface area contributed by atoms with Crippen LogP contribution in [0.3, 0.4) is 0 Å². The largest absolute Gasteiger partial charge is 0.344 e. The van der Waals surface area contributed by atoms with E-state index in [1.807, 2.05) is 19.1 Å². The molecule has 1 spiro atoms. The highest BCUT2D eigenvalue weighted by molar-refractivity contribution is 7.89. The third-order valence-electron chi connectivity index (χ3n) is 5.63. The van der Waals surface area contributed by atoms with Crippen LogP contribution in [-0.2, 0) is 19.7 Å². The molecule has 32 heavy (non-hydrogen) atoms. The van der Waals surface area contributed by atoms with Gasteiger partial charge in [-0.3, -0.25) is 20.1 Å². The number of nitrogens with one attached hydrogen (secondary N) is 2. The summed E-state index contributed by atoms with van der Waals surface area (Å²) in [7, 11) is -3.80. The van der Waals surface area contributed by atoms with Gasteiger partial charge in [-0.1, -0.05) is 29.3 Å². The van der Waals surface area contributed by atoms with Crippen molar-refractivity contribution in [3.05, 3.63) is 70.1 Å². The van der Waals surface area contributed by atoms with Crippen LogP contribution in [0.15, 0.2) is 59.4 Å². The quantitative estimate of drug-likeness (QED) is 0.658. The molecule has 1 amide bonds. The first-order chi connectivity index (χ1) is 15.2. The summed E-state index contributed by atoms with van der Waals surface area (Å²) in [5.74, 6) is -0.306. The van der Waals surface area contributed by atoms with Crippen molar-refractivity contribution in [1.29, 1.82) is 0 Å². The van der Waals surface area contributed by atoms with Crippen molar-refractivity contribution in [2.75, 3.05) is 13.1 Å². The lowest BCUT2D eigenvalue weighted by atomic mass is 9.92. The number of piperidine rings is 1. The first-order valence-corrected chi connectivity index (χ1v) is 12.2. The van der Waals surface area contributed by atoms with Gasteiger partial charge < -0.3 is 5.32 Å². The van der Waals surface area contributed by atoms with Crippen molar-refractivity contribution >= 4 is 39.1 Å². The van der Waals surface area contributed by atoms with E-state index >= 15 is 0 Å². The van der Waals surface area contributed by atoms with Crippen molar-refractivity contribution in [3.63, 3.8) is 0 Å². The van der Waals surface area contributed by atoms with Crippen LogP contribution in [0.1, 0.15) is 31.4 Å². The second-order valence-electron chi connectivity index (χ2n) is 7.79. The van der Waals surface area contributed by atoms with Crippen molar-refractivity contribution in [2.24, 2.45) is 0 Å². The molecule has 11 heteroatoms. The minimum absolute atomic E-state index is 0.0203. The summed E-state index contributed by atoms with van der Waals surface area (Å²) in [6, 6.07) is 7.81. The molecule has 170 valence electrons. The molecule has 1 saturated heterocycles. The molecular formula is C21H22Cl2N4O4S. The average Bonchev–Trinajstić information content (AvgIpc) is 3.20. The number of sulfonamides is 1. The number of carbonyl (C=O) groups excluding carboxylic acids is 1. The highest BCUT2D eigenvalue weighted by Gasteiger charge is 2.43. The molecule has 8 nitrogen and oxygen atoms in total. The summed E-state index contributed by atoms with van der Waals surface area (Å²) in [5.41, 5.74) is 3.13. The maximum absolute atomic E-state index is 13.0. The van der Waals surface area contributed by atoms with Gasteiger partial charge in [0.05, 0.1) is 11.1 Å². The Bertz CT molecular complexity index is 1150. The number of pyridine rings is 1. The SMILES string of the molecule is CC(NC(=O)C1=CC2(CCN(S(=O)(=O)c3cc(Cl)ccc3Cl)CC2)ON1)c1cccnc1. The lowest BCUT2D eigenvalue weighted by Gasteiger charge is -2.36. The number of nitrogens with zero attached hydrogens (tertiary/aromatic N) is 2. The smallest absolute Gasteiger partial charge is 0.269 e. The lowest BCUT2D eigenvalue weighted by molar-refractivity contribution is -0.120. The minimum atomic E-state index is -3.80. The molecule has 2 aliphatic heterocycles. The van der Waals surface area contributed by atoms with Crippen LogP contribution in [0.4, 0.5) is 0 Å². The van der Waals surface area contributed by atoms with Gasteiger partial charge in [0.1, 0.15) is 16.2 Å². The van der Waals surface area contributed by atoms with E-state index in [1.54, 1.807) is 24.5 Å². The van der Waals surface area contributed by atoms with Gasteiger partial charge in [-0.2, -0.15) is 4.31 Å². The third kappa shape index (κ3) is 4.62. The van der Waals surface area contributed by atoms with E-state index in [9.17, 15) is 13.2 Å². The Morgan fingerprint density at radius 1 is 1.28 bits per heavy atom. The molecule has 1 fully saturated rings. The Labute approximate surface area is 196 Å². The second-order valence-corrected chi connectivity index (χ2v) is 10.5. The van der Waals surface area contributed by atoms with Gasteiger partial charge in [0.15, 0.2) is 0 Å². The second kappa shape index (κ2) is 8.99. The standard InChI is InChI=1S/C21H22Cl2N4O4S/c1-14(15-3-2-8-24-13-15)25-20(28)18-12-21(31-26-18)6-9-27(10-7-21)32(29,30)19-11-16(22)4-5-17(19)23/h2-5,8,11-14,26H,6-7,9-10H2,1H3,(H,25,28). The number of rotatable bonds is 5. The number of carbonyl (C=O) groups is 1. The van der Waals surface area contributed by atoms with Gasteiger partial charge in [-0.15, -0.1) is 0 Å². The normalized spacial score (nSPS) is 19.3. The molecular weight excluding hydrogens is 475 g/mol. The molecule has 1 aromatic carbocycles. The molecule has 2 N–H and O–H groups in total.